The summed E-state index contributed by atoms with van der Waals surface area (Å²) in [5.74, 6) is -2.97. The summed E-state index contributed by atoms with van der Waals surface area (Å²) in [5.41, 5.74) is -0.802. The minimum atomic E-state index is -5.24. The lowest BCUT2D eigenvalue weighted by Crippen LogP contribution is -2.22. The number of alkyl halides is 6. The average Bonchev–Trinajstić information content (AvgIpc) is 2.87. The Labute approximate surface area is 229 Å². The Morgan fingerprint density at radius 3 is 2.20 bits per heavy atom. The van der Waals surface area contributed by atoms with E-state index in [9.17, 15) is 40.7 Å². The molecule has 8 nitrogen and oxygen atoms in total. The number of Topliss-reactive ketones (excluding diaryl/α,β-unsaturated/α-hetero) is 1. The first-order valence-corrected chi connectivity index (χ1v) is 11.9. The highest BCUT2D eigenvalue weighted by atomic mass is 19.4. The molecular weight excluding hydrogens is 560 g/mol. The molecule has 41 heavy (non-hydrogen) atoms. The van der Waals surface area contributed by atoms with Crippen molar-refractivity contribution in [2.45, 2.75) is 38.5 Å². The van der Waals surface area contributed by atoms with Gasteiger partial charge in [-0.15, -0.1) is 0 Å². The van der Waals surface area contributed by atoms with Crippen LogP contribution in [-0.2, 0) is 11.0 Å². The molecule has 0 saturated carbocycles. The van der Waals surface area contributed by atoms with Crippen LogP contribution >= 0.6 is 0 Å². The Kier molecular flexibility index (Phi) is 9.25. The van der Waals surface area contributed by atoms with Gasteiger partial charge in [0.1, 0.15) is 5.75 Å². The summed E-state index contributed by atoms with van der Waals surface area (Å²) < 4.78 is 82.7. The molecule has 0 unspecified atom stereocenters. The van der Waals surface area contributed by atoms with Gasteiger partial charge in [-0.1, -0.05) is 32.0 Å². The largest absolute Gasteiger partial charge is 0.483 e. The van der Waals surface area contributed by atoms with Crippen molar-refractivity contribution in [3.63, 3.8) is 0 Å². The van der Waals surface area contributed by atoms with Crippen LogP contribution in [0.3, 0.4) is 0 Å². The van der Waals surface area contributed by atoms with Crippen molar-refractivity contribution < 1.29 is 50.6 Å². The lowest BCUT2D eigenvalue weighted by Gasteiger charge is -2.19. The fourth-order valence-corrected chi connectivity index (χ4v) is 3.66. The van der Waals surface area contributed by atoms with Gasteiger partial charge >= 0.3 is 18.4 Å². The zero-order valence-corrected chi connectivity index (χ0v) is 21.5. The second-order valence-corrected chi connectivity index (χ2v) is 9.08. The Hall–Kier alpha value is -4.62. The SMILES string of the molecule is CC(C)c1cc(-c2cccc(C(=O)CC(=O)Nc3cc(C(F)(F)F)c(OCC(F)(F)F)cc3NC(=O)O)c2)ccn1. The van der Waals surface area contributed by atoms with Crippen LogP contribution in [0.2, 0.25) is 0 Å². The number of carbonyl (C=O) groups excluding carboxylic acids is 2. The van der Waals surface area contributed by atoms with Crippen LogP contribution in [0, 0.1) is 0 Å². The van der Waals surface area contributed by atoms with Crippen molar-refractivity contribution in [1.82, 2.24) is 4.98 Å². The van der Waals surface area contributed by atoms with Crippen LogP contribution in [0.15, 0.2) is 54.7 Å². The molecular formula is C27H23F6N3O5. The zero-order chi connectivity index (χ0) is 30.5. The topological polar surface area (TPSA) is 118 Å². The van der Waals surface area contributed by atoms with E-state index in [4.69, 9.17) is 5.11 Å². The number of nitrogens with one attached hydrogen (secondary N) is 2. The molecule has 218 valence electrons. The highest BCUT2D eigenvalue weighted by molar-refractivity contribution is 6.12. The third kappa shape index (κ3) is 8.68. The summed E-state index contributed by atoms with van der Waals surface area (Å²) in [5, 5.41) is 12.8. The Bertz CT molecular complexity index is 1450. The molecule has 1 heterocycles. The summed E-state index contributed by atoms with van der Waals surface area (Å²) in [6.45, 7) is 1.84. The fourth-order valence-electron chi connectivity index (χ4n) is 3.66. The quantitative estimate of drug-likeness (QED) is 0.140. The van der Waals surface area contributed by atoms with Gasteiger partial charge < -0.3 is 15.2 Å². The second kappa shape index (κ2) is 12.3. The molecule has 14 heteroatoms. The number of carboxylic acid groups (broad SMARTS) is 1. The summed E-state index contributed by atoms with van der Waals surface area (Å²) in [4.78, 5) is 40.9. The summed E-state index contributed by atoms with van der Waals surface area (Å²) >= 11 is 0. The van der Waals surface area contributed by atoms with E-state index < -0.39 is 65.9 Å². The zero-order valence-electron chi connectivity index (χ0n) is 21.5. The number of amides is 2. The number of benzene rings is 2. The lowest BCUT2D eigenvalue weighted by atomic mass is 9.98. The molecule has 0 saturated heterocycles. The molecule has 0 spiro atoms. The van der Waals surface area contributed by atoms with Gasteiger partial charge in [0.25, 0.3) is 0 Å². The van der Waals surface area contributed by atoms with E-state index in [1.54, 1.807) is 29.7 Å². The van der Waals surface area contributed by atoms with E-state index in [0.29, 0.717) is 11.6 Å². The Morgan fingerprint density at radius 1 is 0.927 bits per heavy atom. The van der Waals surface area contributed by atoms with E-state index in [2.05, 4.69) is 9.72 Å². The van der Waals surface area contributed by atoms with Crippen molar-refractivity contribution >= 4 is 29.2 Å². The second-order valence-electron chi connectivity index (χ2n) is 9.08. The van der Waals surface area contributed by atoms with E-state index in [1.165, 1.54) is 12.1 Å². The monoisotopic (exact) mass is 583 g/mol. The first-order valence-electron chi connectivity index (χ1n) is 11.9. The van der Waals surface area contributed by atoms with Gasteiger partial charge in [-0.25, -0.2) is 4.79 Å². The highest BCUT2D eigenvalue weighted by Gasteiger charge is 2.37. The molecule has 0 atom stereocenters. The van der Waals surface area contributed by atoms with E-state index >= 15 is 0 Å². The van der Waals surface area contributed by atoms with Crippen molar-refractivity contribution in [3.8, 4) is 16.9 Å². The van der Waals surface area contributed by atoms with Crippen LogP contribution in [0.5, 0.6) is 5.75 Å². The summed E-state index contributed by atoms with van der Waals surface area (Å²) in [6, 6.07) is 10.5. The number of carbonyl (C=O) groups is 3. The first kappa shape index (κ1) is 30.9. The normalized spacial score (nSPS) is 11.7. The number of halogens is 6. The minimum Gasteiger partial charge on any atom is -0.483 e. The number of rotatable bonds is 9. The fraction of sp³-hybridized carbons (Fsp3) is 0.259. The number of aromatic nitrogens is 1. The van der Waals surface area contributed by atoms with Crippen LogP contribution in [0.25, 0.3) is 11.1 Å². The first-order chi connectivity index (χ1) is 19.0. The van der Waals surface area contributed by atoms with Crippen molar-refractivity contribution in [2.75, 3.05) is 17.2 Å². The molecule has 0 aliphatic heterocycles. The standard InChI is InChI=1S/C27H23F6N3O5/c1-14(2)19-9-16(6-7-34-19)15-4-3-5-17(8-15)22(37)12-24(38)35-20-10-18(27(31,32)33)23(41-13-26(28,29)30)11-21(20)36-25(39)40/h3-11,14,36H,12-13H2,1-2H3,(H,35,38)(H,39,40). The van der Waals surface area contributed by atoms with Gasteiger partial charge in [-0.3, -0.25) is 19.9 Å². The number of anilines is 2. The number of nitrogens with zero attached hydrogens (tertiary/aromatic N) is 1. The maximum absolute atomic E-state index is 13.6. The Morgan fingerprint density at radius 2 is 1.59 bits per heavy atom. The predicted molar refractivity (Wildman–Crippen MR) is 136 cm³/mol. The molecule has 0 aliphatic rings. The van der Waals surface area contributed by atoms with Gasteiger partial charge in [0.15, 0.2) is 12.4 Å². The molecule has 2 amide bonds. The molecule has 0 bridgehead atoms. The molecule has 0 fully saturated rings. The summed E-state index contributed by atoms with van der Waals surface area (Å²) in [6.07, 6.45) is -11.2. The number of pyridine rings is 1. The molecule has 0 radical (unpaired) electrons. The lowest BCUT2D eigenvalue weighted by molar-refractivity contribution is -0.158. The van der Waals surface area contributed by atoms with E-state index in [0.717, 1.165) is 11.3 Å². The number of ether oxygens (including phenoxy) is 1. The number of ketones is 1. The molecule has 3 aromatic rings. The number of hydrogen-bond acceptors (Lipinski definition) is 5. The van der Waals surface area contributed by atoms with Crippen LogP contribution in [-0.4, -0.2) is 40.7 Å². The van der Waals surface area contributed by atoms with Crippen LogP contribution < -0.4 is 15.4 Å². The van der Waals surface area contributed by atoms with Gasteiger partial charge in [0.05, 0.1) is 23.4 Å². The van der Waals surface area contributed by atoms with Crippen LogP contribution in [0.4, 0.5) is 42.5 Å². The Balaban J connectivity index is 1.86. The van der Waals surface area contributed by atoms with Crippen molar-refractivity contribution in [2.24, 2.45) is 0 Å². The minimum absolute atomic E-state index is 0.122. The molecule has 3 rings (SSSR count). The maximum Gasteiger partial charge on any atom is 0.422 e. The molecule has 1 aromatic heterocycles. The van der Waals surface area contributed by atoms with E-state index in [1.807, 2.05) is 25.2 Å². The highest BCUT2D eigenvalue weighted by Crippen LogP contribution is 2.42. The summed E-state index contributed by atoms with van der Waals surface area (Å²) in [7, 11) is 0. The van der Waals surface area contributed by atoms with Gasteiger partial charge in [-0.2, -0.15) is 26.3 Å². The van der Waals surface area contributed by atoms with Gasteiger partial charge in [0.2, 0.25) is 5.91 Å². The van der Waals surface area contributed by atoms with E-state index in [-0.39, 0.29) is 17.5 Å². The van der Waals surface area contributed by atoms with Gasteiger partial charge in [-0.05, 0) is 41.3 Å². The smallest absolute Gasteiger partial charge is 0.422 e. The molecule has 3 N–H and O–H groups in total. The van der Waals surface area contributed by atoms with Crippen molar-refractivity contribution in [3.05, 3.63) is 71.5 Å². The third-order valence-electron chi connectivity index (χ3n) is 5.54. The predicted octanol–water partition coefficient (Wildman–Crippen LogP) is 7.13. The maximum atomic E-state index is 13.6. The third-order valence-corrected chi connectivity index (χ3v) is 5.54. The van der Waals surface area contributed by atoms with Crippen molar-refractivity contribution in [1.29, 1.82) is 0 Å². The number of hydrogen-bond donors (Lipinski definition) is 3. The van der Waals surface area contributed by atoms with Crippen LogP contribution in [0.1, 0.15) is 47.8 Å². The average molecular weight is 583 g/mol. The molecule has 2 aromatic carbocycles. The molecule has 0 aliphatic carbocycles. The van der Waals surface area contributed by atoms with Gasteiger partial charge in [0, 0.05) is 23.5 Å².